The van der Waals surface area contributed by atoms with Gasteiger partial charge < -0.3 is 5.73 Å². The van der Waals surface area contributed by atoms with Gasteiger partial charge >= 0.3 is 0 Å². The summed E-state index contributed by atoms with van der Waals surface area (Å²) in [4.78, 5) is 0.0546. The van der Waals surface area contributed by atoms with Crippen molar-refractivity contribution in [3.05, 3.63) is 28.8 Å². The van der Waals surface area contributed by atoms with Crippen molar-refractivity contribution in [2.24, 2.45) is 5.73 Å². The van der Waals surface area contributed by atoms with E-state index >= 15 is 0 Å². The highest BCUT2D eigenvalue weighted by molar-refractivity contribution is 7.92. The molecule has 20 heavy (non-hydrogen) atoms. The topological polar surface area (TPSA) is 97.5 Å². The van der Waals surface area contributed by atoms with Crippen molar-refractivity contribution >= 4 is 31.5 Å². The molecular weight excluding hydrogens is 324 g/mol. The number of sulfonamides is 1. The second kappa shape index (κ2) is 5.61. The van der Waals surface area contributed by atoms with E-state index in [1.165, 1.54) is 16.4 Å². The molecule has 0 atom stereocenters. The number of hydrogen-bond acceptors (Lipinski definition) is 5. The molecule has 1 heterocycles. The van der Waals surface area contributed by atoms with Crippen LogP contribution in [0, 0.1) is 0 Å². The second-order valence-corrected chi connectivity index (χ2v) is 9.16. The van der Waals surface area contributed by atoms with Crippen molar-refractivity contribution in [2.45, 2.75) is 11.4 Å². The zero-order valence-electron chi connectivity index (χ0n) is 10.6. The highest BCUT2D eigenvalue weighted by Crippen LogP contribution is 2.24. The third-order valence-corrected chi connectivity index (χ3v) is 7.04. The highest BCUT2D eigenvalue weighted by Gasteiger charge is 2.31. The quantitative estimate of drug-likeness (QED) is 0.850. The molecule has 0 spiro atoms. The molecule has 2 N–H and O–H groups in total. The van der Waals surface area contributed by atoms with E-state index in [1.54, 1.807) is 6.07 Å². The molecule has 0 aromatic heterocycles. The Labute approximate surface area is 123 Å². The molecule has 112 valence electrons. The molecule has 0 radical (unpaired) electrons. The highest BCUT2D eigenvalue weighted by atomic mass is 35.5. The summed E-state index contributed by atoms with van der Waals surface area (Å²) in [5.41, 5.74) is 6.13. The van der Waals surface area contributed by atoms with E-state index in [9.17, 15) is 16.8 Å². The van der Waals surface area contributed by atoms with Crippen LogP contribution in [0.1, 0.15) is 5.56 Å². The molecule has 0 amide bonds. The predicted octanol–water partition coefficient (Wildman–Crippen LogP) is 0.218. The van der Waals surface area contributed by atoms with Crippen LogP contribution in [0.3, 0.4) is 0 Å². The molecule has 1 fully saturated rings. The second-order valence-electron chi connectivity index (χ2n) is 4.51. The Hall–Kier alpha value is -0.670. The maximum atomic E-state index is 12.4. The van der Waals surface area contributed by atoms with E-state index < -0.39 is 19.9 Å². The maximum absolute atomic E-state index is 12.4. The molecule has 1 aliphatic heterocycles. The van der Waals surface area contributed by atoms with Crippen LogP contribution < -0.4 is 5.73 Å². The molecule has 6 nitrogen and oxygen atoms in total. The van der Waals surface area contributed by atoms with Gasteiger partial charge in [0.1, 0.15) is 0 Å². The molecule has 0 aliphatic carbocycles. The van der Waals surface area contributed by atoms with E-state index in [0.29, 0.717) is 10.6 Å². The zero-order chi connectivity index (χ0) is 15.0. The van der Waals surface area contributed by atoms with Crippen molar-refractivity contribution in [3.8, 4) is 0 Å². The Morgan fingerprint density at radius 2 is 1.85 bits per heavy atom. The summed E-state index contributed by atoms with van der Waals surface area (Å²) < 4.78 is 48.6. The van der Waals surface area contributed by atoms with Crippen LogP contribution in [0.5, 0.6) is 0 Å². The van der Waals surface area contributed by atoms with E-state index in [1.807, 2.05) is 0 Å². The zero-order valence-corrected chi connectivity index (χ0v) is 13.0. The van der Waals surface area contributed by atoms with Gasteiger partial charge in [-0.1, -0.05) is 17.7 Å². The van der Waals surface area contributed by atoms with Gasteiger partial charge in [0.15, 0.2) is 9.84 Å². The average molecular weight is 339 g/mol. The largest absolute Gasteiger partial charge is 0.326 e. The first-order chi connectivity index (χ1) is 9.26. The van der Waals surface area contributed by atoms with Crippen LogP contribution in [0.25, 0.3) is 0 Å². The molecule has 0 bridgehead atoms. The predicted molar refractivity (Wildman–Crippen MR) is 76.8 cm³/mol. The van der Waals surface area contributed by atoms with Gasteiger partial charge in [-0.25, -0.2) is 16.8 Å². The fourth-order valence-corrected chi connectivity index (χ4v) is 5.16. The lowest BCUT2D eigenvalue weighted by atomic mass is 10.2. The van der Waals surface area contributed by atoms with Gasteiger partial charge in [0.2, 0.25) is 10.0 Å². The summed E-state index contributed by atoms with van der Waals surface area (Å²) in [5, 5.41) is 0.290. The standard InChI is InChI=1S/C11H15ClN2O4S2/c12-11-7-10(2-1-9(11)8-13)20(17,18)14-3-5-19(15,16)6-4-14/h1-2,7H,3-6,8,13H2. The van der Waals surface area contributed by atoms with Gasteiger partial charge in [0, 0.05) is 24.7 Å². The number of sulfone groups is 1. The van der Waals surface area contributed by atoms with Crippen molar-refractivity contribution in [1.29, 1.82) is 0 Å². The van der Waals surface area contributed by atoms with Crippen LogP contribution in [0.2, 0.25) is 5.02 Å². The Morgan fingerprint density at radius 3 is 2.35 bits per heavy atom. The average Bonchev–Trinajstić information content (AvgIpc) is 2.38. The van der Waals surface area contributed by atoms with Crippen LogP contribution in [-0.2, 0) is 26.4 Å². The molecule has 1 saturated heterocycles. The van der Waals surface area contributed by atoms with Crippen molar-refractivity contribution in [2.75, 3.05) is 24.6 Å². The first-order valence-electron chi connectivity index (χ1n) is 5.95. The summed E-state index contributed by atoms with van der Waals surface area (Å²) in [6.45, 7) is 0.170. The Kier molecular flexibility index (Phi) is 4.41. The van der Waals surface area contributed by atoms with Crippen molar-refractivity contribution < 1.29 is 16.8 Å². The van der Waals surface area contributed by atoms with Gasteiger partial charge in [-0.15, -0.1) is 0 Å². The summed E-state index contributed by atoms with van der Waals surface area (Å²) in [7, 11) is -6.84. The number of halogens is 1. The van der Waals surface area contributed by atoms with Gasteiger partial charge in [0.05, 0.1) is 16.4 Å². The normalized spacial score (nSPS) is 19.9. The SMILES string of the molecule is NCc1ccc(S(=O)(=O)N2CCS(=O)(=O)CC2)cc1Cl. The first kappa shape index (κ1) is 15.7. The van der Waals surface area contributed by atoms with E-state index in [4.69, 9.17) is 17.3 Å². The summed E-state index contributed by atoms with van der Waals surface area (Å²) in [5.74, 6) is -0.304. The lowest BCUT2D eigenvalue weighted by molar-refractivity contribution is 0.431. The van der Waals surface area contributed by atoms with E-state index in [-0.39, 0.29) is 36.0 Å². The van der Waals surface area contributed by atoms with E-state index in [0.717, 1.165) is 0 Å². The molecule has 2 rings (SSSR count). The molecule has 9 heteroatoms. The maximum Gasteiger partial charge on any atom is 0.243 e. The minimum absolute atomic E-state index is 0.0269. The molecule has 0 unspecified atom stereocenters. The number of rotatable bonds is 3. The molecule has 1 aliphatic rings. The summed E-state index contributed by atoms with van der Waals surface area (Å²) >= 11 is 5.96. The van der Waals surface area contributed by atoms with Gasteiger partial charge in [-0.2, -0.15) is 4.31 Å². The molecule has 1 aromatic carbocycles. The lowest BCUT2D eigenvalue weighted by Crippen LogP contribution is -2.43. The Bertz CT molecular complexity index is 702. The number of hydrogen-bond donors (Lipinski definition) is 1. The van der Waals surface area contributed by atoms with Gasteiger partial charge in [0.25, 0.3) is 0 Å². The van der Waals surface area contributed by atoms with Crippen molar-refractivity contribution in [1.82, 2.24) is 4.31 Å². The molecule has 1 aromatic rings. The minimum Gasteiger partial charge on any atom is -0.326 e. The smallest absolute Gasteiger partial charge is 0.243 e. The first-order valence-corrected chi connectivity index (χ1v) is 9.59. The third-order valence-electron chi connectivity index (χ3n) is 3.19. The summed E-state index contributed by atoms with van der Waals surface area (Å²) in [6.07, 6.45) is 0. The van der Waals surface area contributed by atoms with Crippen LogP contribution in [0.4, 0.5) is 0 Å². The lowest BCUT2D eigenvalue weighted by Gasteiger charge is -2.26. The summed E-state index contributed by atoms with van der Waals surface area (Å²) in [6, 6.07) is 4.35. The fraction of sp³-hybridized carbons (Fsp3) is 0.455. The van der Waals surface area contributed by atoms with Crippen LogP contribution >= 0.6 is 11.6 Å². The fourth-order valence-electron chi connectivity index (χ4n) is 1.94. The van der Waals surface area contributed by atoms with E-state index in [2.05, 4.69) is 0 Å². The minimum atomic E-state index is -3.72. The van der Waals surface area contributed by atoms with Crippen LogP contribution in [0.15, 0.2) is 23.1 Å². The number of nitrogens with zero attached hydrogens (tertiary/aromatic N) is 1. The monoisotopic (exact) mass is 338 g/mol. The number of nitrogens with two attached hydrogens (primary N) is 1. The third kappa shape index (κ3) is 3.15. The Balaban J connectivity index is 2.29. The van der Waals surface area contributed by atoms with Gasteiger partial charge in [-0.05, 0) is 17.7 Å². The van der Waals surface area contributed by atoms with Gasteiger partial charge in [-0.3, -0.25) is 0 Å². The van der Waals surface area contributed by atoms with Crippen LogP contribution in [-0.4, -0.2) is 45.7 Å². The molecular formula is C11H15ClN2O4S2. The van der Waals surface area contributed by atoms with Crippen molar-refractivity contribution in [3.63, 3.8) is 0 Å². The Morgan fingerprint density at radius 1 is 1.25 bits per heavy atom. The molecule has 0 saturated carbocycles. The number of benzene rings is 1.